The molecule has 2 heterocycles. The minimum absolute atomic E-state index is 0.164. The molecule has 142 valence electrons. The summed E-state index contributed by atoms with van der Waals surface area (Å²) in [5.41, 5.74) is 2.71. The lowest BCUT2D eigenvalue weighted by Crippen LogP contribution is -2.27. The van der Waals surface area contributed by atoms with E-state index in [2.05, 4.69) is 15.8 Å². The van der Waals surface area contributed by atoms with E-state index in [1.807, 2.05) is 19.1 Å². The number of aromatic nitrogens is 1. The Labute approximate surface area is 157 Å². The maximum absolute atomic E-state index is 12.5. The zero-order valence-electron chi connectivity index (χ0n) is 15.3. The number of anilines is 1. The highest BCUT2D eigenvalue weighted by molar-refractivity contribution is 5.99. The van der Waals surface area contributed by atoms with E-state index in [1.54, 1.807) is 12.1 Å². The molecule has 2 aromatic rings. The number of aryl methyl sites for hydroxylation is 1. The van der Waals surface area contributed by atoms with Gasteiger partial charge in [0.25, 0.3) is 11.8 Å². The van der Waals surface area contributed by atoms with Crippen LogP contribution in [0.15, 0.2) is 28.8 Å². The van der Waals surface area contributed by atoms with Gasteiger partial charge in [0.05, 0.1) is 6.54 Å². The van der Waals surface area contributed by atoms with Crippen molar-refractivity contribution in [3.8, 4) is 0 Å². The van der Waals surface area contributed by atoms with Gasteiger partial charge >= 0.3 is 0 Å². The second-order valence-corrected chi connectivity index (χ2v) is 7.20. The molecule has 1 aromatic carbocycles. The fourth-order valence-electron chi connectivity index (χ4n) is 3.14. The molecule has 1 atom stereocenters. The van der Waals surface area contributed by atoms with Crippen molar-refractivity contribution in [3.05, 3.63) is 46.8 Å². The van der Waals surface area contributed by atoms with Crippen molar-refractivity contribution in [2.45, 2.75) is 51.2 Å². The summed E-state index contributed by atoms with van der Waals surface area (Å²) in [4.78, 5) is 24.7. The first-order chi connectivity index (χ1) is 13.1. The van der Waals surface area contributed by atoms with Crippen LogP contribution < -0.4 is 10.6 Å². The summed E-state index contributed by atoms with van der Waals surface area (Å²) in [6, 6.07) is 7.16. The van der Waals surface area contributed by atoms with Crippen molar-refractivity contribution in [3.63, 3.8) is 0 Å². The number of hydrogen-bond acceptors (Lipinski definition) is 5. The summed E-state index contributed by atoms with van der Waals surface area (Å²) in [6.45, 7) is 2.81. The number of ether oxygens (including phenoxy) is 1. The number of amides is 2. The number of rotatable bonds is 6. The molecule has 1 aliphatic heterocycles. The van der Waals surface area contributed by atoms with Crippen molar-refractivity contribution in [2.24, 2.45) is 0 Å². The van der Waals surface area contributed by atoms with E-state index in [-0.39, 0.29) is 11.8 Å². The Morgan fingerprint density at radius 2 is 2.07 bits per heavy atom. The molecule has 0 spiro atoms. The molecule has 1 saturated carbocycles. The SMILES string of the molecule is Cc1ccc(C(=O)NCc2cc(C3CC3)on2)cc1NC(=O)C1CCCO1. The van der Waals surface area contributed by atoms with Crippen LogP contribution in [0, 0.1) is 6.92 Å². The van der Waals surface area contributed by atoms with Gasteiger partial charge in [-0.25, -0.2) is 0 Å². The molecule has 2 N–H and O–H groups in total. The second-order valence-electron chi connectivity index (χ2n) is 7.20. The van der Waals surface area contributed by atoms with Crippen LogP contribution in [0.4, 0.5) is 5.69 Å². The van der Waals surface area contributed by atoms with Gasteiger partial charge in [0, 0.05) is 29.8 Å². The molecule has 1 saturated heterocycles. The van der Waals surface area contributed by atoms with E-state index in [9.17, 15) is 9.59 Å². The summed E-state index contributed by atoms with van der Waals surface area (Å²) >= 11 is 0. The van der Waals surface area contributed by atoms with E-state index in [4.69, 9.17) is 9.26 Å². The van der Waals surface area contributed by atoms with Crippen LogP contribution in [0.2, 0.25) is 0 Å². The summed E-state index contributed by atoms with van der Waals surface area (Å²) < 4.78 is 10.7. The number of hydrogen-bond donors (Lipinski definition) is 2. The molecule has 2 amide bonds. The number of carbonyl (C=O) groups is 2. The fourth-order valence-corrected chi connectivity index (χ4v) is 3.14. The predicted molar refractivity (Wildman–Crippen MR) is 98.4 cm³/mol. The lowest BCUT2D eigenvalue weighted by Gasteiger charge is -2.13. The van der Waals surface area contributed by atoms with Gasteiger partial charge in [-0.1, -0.05) is 11.2 Å². The second kappa shape index (κ2) is 7.52. The highest BCUT2D eigenvalue weighted by atomic mass is 16.5. The first kappa shape index (κ1) is 17.7. The van der Waals surface area contributed by atoms with Gasteiger partial charge < -0.3 is 19.9 Å². The van der Waals surface area contributed by atoms with Crippen LogP contribution in [0.1, 0.15) is 59.0 Å². The van der Waals surface area contributed by atoms with Crippen LogP contribution in [0.3, 0.4) is 0 Å². The van der Waals surface area contributed by atoms with Crippen LogP contribution in [0.5, 0.6) is 0 Å². The van der Waals surface area contributed by atoms with Crippen LogP contribution in [-0.2, 0) is 16.1 Å². The first-order valence-electron chi connectivity index (χ1n) is 9.37. The Morgan fingerprint density at radius 3 is 2.81 bits per heavy atom. The average molecular weight is 369 g/mol. The molecule has 27 heavy (non-hydrogen) atoms. The highest BCUT2D eigenvalue weighted by Gasteiger charge is 2.28. The van der Waals surface area contributed by atoms with Gasteiger partial charge in [-0.15, -0.1) is 0 Å². The molecule has 2 fully saturated rings. The van der Waals surface area contributed by atoms with Crippen molar-refractivity contribution in [2.75, 3.05) is 11.9 Å². The summed E-state index contributed by atoms with van der Waals surface area (Å²) in [5, 5.41) is 9.71. The van der Waals surface area contributed by atoms with Crippen LogP contribution >= 0.6 is 0 Å². The molecule has 1 aliphatic carbocycles. The molecule has 2 aliphatic rings. The fraction of sp³-hybridized carbons (Fsp3) is 0.450. The van der Waals surface area contributed by atoms with Gasteiger partial charge in [0.2, 0.25) is 0 Å². The lowest BCUT2D eigenvalue weighted by molar-refractivity contribution is -0.124. The van der Waals surface area contributed by atoms with Crippen molar-refractivity contribution < 1.29 is 18.8 Å². The monoisotopic (exact) mass is 369 g/mol. The third kappa shape index (κ3) is 4.19. The summed E-state index contributed by atoms with van der Waals surface area (Å²) in [5.74, 6) is 1.00. The van der Waals surface area contributed by atoms with E-state index in [0.29, 0.717) is 36.0 Å². The number of carbonyl (C=O) groups excluding carboxylic acids is 2. The van der Waals surface area contributed by atoms with Gasteiger partial charge in [-0.2, -0.15) is 0 Å². The van der Waals surface area contributed by atoms with Crippen molar-refractivity contribution in [1.82, 2.24) is 10.5 Å². The van der Waals surface area contributed by atoms with Gasteiger partial charge in [0.1, 0.15) is 17.6 Å². The zero-order chi connectivity index (χ0) is 18.8. The summed E-state index contributed by atoms with van der Waals surface area (Å²) in [7, 11) is 0. The predicted octanol–water partition coefficient (Wildman–Crippen LogP) is 2.91. The van der Waals surface area contributed by atoms with Gasteiger partial charge in [0.15, 0.2) is 0 Å². The van der Waals surface area contributed by atoms with Crippen LogP contribution in [-0.4, -0.2) is 29.7 Å². The smallest absolute Gasteiger partial charge is 0.253 e. The maximum Gasteiger partial charge on any atom is 0.253 e. The Hall–Kier alpha value is -2.67. The molecule has 7 nitrogen and oxygen atoms in total. The maximum atomic E-state index is 12.5. The molecule has 0 bridgehead atoms. The topological polar surface area (TPSA) is 93.5 Å². The molecular weight excluding hydrogens is 346 g/mol. The Balaban J connectivity index is 1.38. The first-order valence-corrected chi connectivity index (χ1v) is 9.37. The molecule has 4 rings (SSSR count). The lowest BCUT2D eigenvalue weighted by atomic mass is 10.1. The molecule has 0 radical (unpaired) electrons. The van der Waals surface area contributed by atoms with E-state index >= 15 is 0 Å². The van der Waals surface area contributed by atoms with E-state index in [1.165, 1.54) is 0 Å². The van der Waals surface area contributed by atoms with E-state index in [0.717, 1.165) is 37.0 Å². The van der Waals surface area contributed by atoms with Gasteiger partial charge in [-0.3, -0.25) is 9.59 Å². The molecule has 1 aromatic heterocycles. The Bertz CT molecular complexity index is 851. The minimum atomic E-state index is -0.408. The normalized spacial score (nSPS) is 19.1. The number of nitrogens with zero attached hydrogens (tertiary/aromatic N) is 1. The average Bonchev–Trinajstić information content (AvgIpc) is 3.18. The standard InChI is InChI=1S/C20H23N3O4/c1-12-4-5-14(9-16(12)22-20(25)17-3-2-8-26-17)19(24)21-11-15-10-18(27-23-15)13-6-7-13/h4-5,9-10,13,17H,2-3,6-8,11H2,1H3,(H,21,24)(H,22,25). The Morgan fingerprint density at radius 1 is 1.22 bits per heavy atom. The molecule has 1 unspecified atom stereocenters. The molecule has 7 heteroatoms. The van der Waals surface area contributed by atoms with Crippen LogP contribution in [0.25, 0.3) is 0 Å². The third-order valence-corrected chi connectivity index (χ3v) is 4.97. The largest absolute Gasteiger partial charge is 0.368 e. The van der Waals surface area contributed by atoms with Crippen molar-refractivity contribution >= 4 is 17.5 Å². The zero-order valence-corrected chi connectivity index (χ0v) is 15.3. The number of benzene rings is 1. The van der Waals surface area contributed by atoms with E-state index < -0.39 is 6.10 Å². The summed E-state index contributed by atoms with van der Waals surface area (Å²) in [6.07, 6.45) is 3.50. The number of nitrogens with one attached hydrogen (secondary N) is 2. The molecular formula is C20H23N3O4. The quantitative estimate of drug-likeness (QED) is 0.817. The highest BCUT2D eigenvalue weighted by Crippen LogP contribution is 2.40. The van der Waals surface area contributed by atoms with Gasteiger partial charge in [-0.05, 0) is 50.3 Å². The Kier molecular flexibility index (Phi) is 4.94. The minimum Gasteiger partial charge on any atom is -0.368 e. The van der Waals surface area contributed by atoms with Crippen molar-refractivity contribution in [1.29, 1.82) is 0 Å². The third-order valence-electron chi connectivity index (χ3n) is 4.97.